The van der Waals surface area contributed by atoms with Crippen molar-refractivity contribution >= 4 is 34.6 Å². The molecule has 1 amide bonds. The van der Waals surface area contributed by atoms with E-state index >= 15 is 0 Å². The summed E-state index contributed by atoms with van der Waals surface area (Å²) < 4.78 is 0. The number of aryl methyl sites for hydroxylation is 1. The zero-order valence-corrected chi connectivity index (χ0v) is 15.8. The van der Waals surface area contributed by atoms with Crippen molar-refractivity contribution in [2.45, 2.75) is 13.5 Å². The van der Waals surface area contributed by atoms with Gasteiger partial charge in [-0.05, 0) is 55.0 Å². The van der Waals surface area contributed by atoms with E-state index in [1.165, 1.54) is 5.56 Å². The number of hydrogen-bond donors (Lipinski definition) is 3. The lowest BCUT2D eigenvalue weighted by Gasteiger charge is -2.12. The third kappa shape index (κ3) is 5.66. The summed E-state index contributed by atoms with van der Waals surface area (Å²) in [7, 11) is 0. The van der Waals surface area contributed by atoms with Crippen molar-refractivity contribution in [3.8, 4) is 0 Å². The first-order valence-corrected chi connectivity index (χ1v) is 9.08. The van der Waals surface area contributed by atoms with Crippen LogP contribution >= 0.6 is 12.2 Å². The molecule has 3 aromatic rings. The van der Waals surface area contributed by atoms with Crippen LogP contribution in [0, 0.1) is 6.92 Å². The van der Waals surface area contributed by atoms with Gasteiger partial charge in [0.15, 0.2) is 5.11 Å². The maximum absolute atomic E-state index is 12.4. The Morgan fingerprint density at radius 2 is 1.56 bits per heavy atom. The fourth-order valence-electron chi connectivity index (χ4n) is 2.55. The molecular formula is C22H21N3OS. The molecule has 0 aromatic heterocycles. The van der Waals surface area contributed by atoms with Crippen LogP contribution in [-0.2, 0) is 6.54 Å². The average molecular weight is 375 g/mol. The molecule has 136 valence electrons. The molecule has 0 radical (unpaired) electrons. The molecule has 0 aliphatic heterocycles. The predicted octanol–water partition coefficient (Wildman–Crippen LogP) is 4.73. The second kappa shape index (κ2) is 8.96. The number of rotatable bonds is 5. The molecule has 3 rings (SSSR count). The van der Waals surface area contributed by atoms with E-state index in [2.05, 4.69) is 16.0 Å². The summed E-state index contributed by atoms with van der Waals surface area (Å²) in [5.74, 6) is -0.125. The molecular weight excluding hydrogens is 354 g/mol. The van der Waals surface area contributed by atoms with Crippen molar-refractivity contribution in [3.63, 3.8) is 0 Å². The fourth-order valence-corrected chi connectivity index (χ4v) is 2.78. The van der Waals surface area contributed by atoms with Crippen molar-refractivity contribution in [1.82, 2.24) is 5.32 Å². The van der Waals surface area contributed by atoms with Crippen LogP contribution in [0.1, 0.15) is 21.5 Å². The van der Waals surface area contributed by atoms with E-state index in [4.69, 9.17) is 12.2 Å². The normalized spacial score (nSPS) is 10.1. The fraction of sp³-hybridized carbons (Fsp3) is 0.0909. The summed E-state index contributed by atoms with van der Waals surface area (Å²) in [4.78, 5) is 12.4. The second-order valence-corrected chi connectivity index (χ2v) is 6.60. The molecule has 5 heteroatoms. The molecule has 0 unspecified atom stereocenters. The van der Waals surface area contributed by atoms with Crippen LogP contribution in [0.4, 0.5) is 11.4 Å². The SMILES string of the molecule is Cc1ccc(NC(=S)Nc2cccc(C(=O)NCc3ccccc3)c2)cc1. The number of amides is 1. The number of nitrogens with one attached hydrogen (secondary N) is 3. The highest BCUT2D eigenvalue weighted by Crippen LogP contribution is 2.13. The molecule has 0 spiro atoms. The Labute approximate surface area is 164 Å². The van der Waals surface area contributed by atoms with Gasteiger partial charge in [-0.1, -0.05) is 54.1 Å². The summed E-state index contributed by atoms with van der Waals surface area (Å²) in [6, 6.07) is 25.0. The summed E-state index contributed by atoms with van der Waals surface area (Å²) in [6.07, 6.45) is 0. The molecule has 0 bridgehead atoms. The minimum atomic E-state index is -0.125. The Morgan fingerprint density at radius 1 is 0.852 bits per heavy atom. The van der Waals surface area contributed by atoms with Gasteiger partial charge < -0.3 is 16.0 Å². The van der Waals surface area contributed by atoms with E-state index in [1.54, 1.807) is 12.1 Å². The van der Waals surface area contributed by atoms with Gasteiger partial charge in [0.05, 0.1) is 0 Å². The number of anilines is 2. The monoisotopic (exact) mass is 375 g/mol. The topological polar surface area (TPSA) is 53.2 Å². The summed E-state index contributed by atoms with van der Waals surface area (Å²) in [6.45, 7) is 2.53. The van der Waals surface area contributed by atoms with E-state index in [-0.39, 0.29) is 5.91 Å². The minimum Gasteiger partial charge on any atom is -0.348 e. The zero-order chi connectivity index (χ0) is 19.1. The highest BCUT2D eigenvalue weighted by atomic mass is 32.1. The maximum Gasteiger partial charge on any atom is 0.251 e. The molecule has 0 aliphatic rings. The number of carbonyl (C=O) groups is 1. The summed E-state index contributed by atoms with van der Waals surface area (Å²) in [5, 5.41) is 9.65. The van der Waals surface area contributed by atoms with Gasteiger partial charge in [0.25, 0.3) is 5.91 Å². The van der Waals surface area contributed by atoms with E-state index in [9.17, 15) is 4.79 Å². The largest absolute Gasteiger partial charge is 0.348 e. The van der Waals surface area contributed by atoms with E-state index in [1.807, 2.05) is 73.7 Å². The Bertz CT molecular complexity index is 924. The third-order valence-corrected chi connectivity index (χ3v) is 4.19. The summed E-state index contributed by atoms with van der Waals surface area (Å²) >= 11 is 5.35. The number of carbonyl (C=O) groups excluding carboxylic acids is 1. The maximum atomic E-state index is 12.4. The van der Waals surface area contributed by atoms with Gasteiger partial charge in [0.1, 0.15) is 0 Å². The van der Waals surface area contributed by atoms with E-state index in [0.717, 1.165) is 16.9 Å². The zero-order valence-electron chi connectivity index (χ0n) is 15.0. The Balaban J connectivity index is 1.58. The molecule has 0 heterocycles. The predicted molar refractivity (Wildman–Crippen MR) is 115 cm³/mol. The lowest BCUT2D eigenvalue weighted by Crippen LogP contribution is -2.23. The Morgan fingerprint density at radius 3 is 2.30 bits per heavy atom. The van der Waals surface area contributed by atoms with E-state index < -0.39 is 0 Å². The van der Waals surface area contributed by atoms with Crippen LogP contribution in [-0.4, -0.2) is 11.0 Å². The molecule has 0 fully saturated rings. The number of thiocarbonyl (C=S) groups is 1. The molecule has 4 nitrogen and oxygen atoms in total. The summed E-state index contributed by atoms with van der Waals surface area (Å²) in [5.41, 5.74) is 4.49. The van der Waals surface area contributed by atoms with Crippen molar-refractivity contribution in [3.05, 3.63) is 95.6 Å². The smallest absolute Gasteiger partial charge is 0.251 e. The van der Waals surface area contributed by atoms with Gasteiger partial charge in [0, 0.05) is 23.5 Å². The van der Waals surface area contributed by atoms with Gasteiger partial charge in [-0.15, -0.1) is 0 Å². The van der Waals surface area contributed by atoms with Gasteiger partial charge in [-0.25, -0.2) is 0 Å². The van der Waals surface area contributed by atoms with Crippen molar-refractivity contribution < 1.29 is 4.79 Å². The van der Waals surface area contributed by atoms with Crippen LogP contribution in [0.3, 0.4) is 0 Å². The molecule has 0 aliphatic carbocycles. The quantitative estimate of drug-likeness (QED) is 0.564. The Kier molecular flexibility index (Phi) is 6.18. The van der Waals surface area contributed by atoms with Gasteiger partial charge >= 0.3 is 0 Å². The van der Waals surface area contributed by atoms with Crippen LogP contribution in [0.25, 0.3) is 0 Å². The van der Waals surface area contributed by atoms with Gasteiger partial charge in [-0.2, -0.15) is 0 Å². The lowest BCUT2D eigenvalue weighted by atomic mass is 10.1. The number of hydrogen-bond acceptors (Lipinski definition) is 2. The first-order chi connectivity index (χ1) is 13.1. The second-order valence-electron chi connectivity index (χ2n) is 6.19. The minimum absolute atomic E-state index is 0.125. The lowest BCUT2D eigenvalue weighted by molar-refractivity contribution is 0.0951. The van der Waals surface area contributed by atoms with Crippen molar-refractivity contribution in [2.75, 3.05) is 10.6 Å². The standard InChI is InChI=1S/C22H21N3OS/c1-16-10-12-19(13-11-16)24-22(27)25-20-9-5-8-18(14-20)21(26)23-15-17-6-3-2-4-7-17/h2-14H,15H2,1H3,(H,23,26)(H2,24,25,27). The molecule has 27 heavy (non-hydrogen) atoms. The molecule has 3 aromatic carbocycles. The third-order valence-electron chi connectivity index (χ3n) is 3.99. The molecule has 3 N–H and O–H groups in total. The first-order valence-electron chi connectivity index (χ1n) is 8.67. The highest BCUT2D eigenvalue weighted by molar-refractivity contribution is 7.80. The number of benzene rings is 3. The van der Waals surface area contributed by atoms with Crippen LogP contribution in [0.15, 0.2) is 78.9 Å². The molecule has 0 saturated heterocycles. The van der Waals surface area contributed by atoms with Crippen molar-refractivity contribution in [2.24, 2.45) is 0 Å². The Hall–Kier alpha value is -3.18. The molecule has 0 atom stereocenters. The average Bonchev–Trinajstić information content (AvgIpc) is 2.69. The van der Waals surface area contributed by atoms with Gasteiger partial charge in [0.2, 0.25) is 0 Å². The highest BCUT2D eigenvalue weighted by Gasteiger charge is 2.07. The van der Waals surface area contributed by atoms with Crippen LogP contribution < -0.4 is 16.0 Å². The van der Waals surface area contributed by atoms with E-state index in [0.29, 0.717) is 17.2 Å². The van der Waals surface area contributed by atoms with Crippen LogP contribution in [0.2, 0.25) is 0 Å². The first kappa shape index (κ1) is 18.6. The van der Waals surface area contributed by atoms with Crippen LogP contribution in [0.5, 0.6) is 0 Å². The van der Waals surface area contributed by atoms with Gasteiger partial charge in [-0.3, -0.25) is 4.79 Å². The van der Waals surface area contributed by atoms with Crippen molar-refractivity contribution in [1.29, 1.82) is 0 Å². The molecule has 0 saturated carbocycles.